The molecule has 0 aromatic heterocycles. The largest absolute Gasteiger partial charge is 0.489 e. The second-order valence-electron chi connectivity index (χ2n) is 5.81. The number of hydrogen-bond acceptors (Lipinski definition) is 4. The number of nitrogens with one attached hydrogen (secondary N) is 2. The third-order valence-electron chi connectivity index (χ3n) is 3.86. The number of ether oxygens (including phenoxy) is 1. The number of nitrogen functional groups attached to an aromatic ring is 1. The summed E-state index contributed by atoms with van der Waals surface area (Å²) in [6.07, 6.45) is 0. The third kappa shape index (κ3) is 4.93. The number of carbonyl (C=O) groups excluding carboxylic acids is 2. The molecule has 0 saturated heterocycles. The monoisotopic (exact) mass is 361 g/mol. The smallest absolute Gasteiger partial charge is 0.265 e. The summed E-state index contributed by atoms with van der Waals surface area (Å²) in [5.74, 6) is 5.00. The molecule has 3 aromatic rings. The SMILES string of the molecule is NNC(=O)c1cccc(NC(=O)c2cccc(OCc3ccccc3)c2)c1. The Kier molecular flexibility index (Phi) is 5.81. The first kappa shape index (κ1) is 18.2. The molecule has 0 aliphatic rings. The van der Waals surface area contributed by atoms with E-state index in [0.717, 1.165) is 5.56 Å². The molecule has 0 aliphatic heterocycles. The summed E-state index contributed by atoms with van der Waals surface area (Å²) >= 11 is 0. The van der Waals surface area contributed by atoms with E-state index in [-0.39, 0.29) is 5.91 Å². The van der Waals surface area contributed by atoms with Crippen LogP contribution in [0.3, 0.4) is 0 Å². The van der Waals surface area contributed by atoms with Crippen LogP contribution in [-0.2, 0) is 6.61 Å². The number of anilines is 1. The van der Waals surface area contributed by atoms with Gasteiger partial charge in [0.2, 0.25) is 0 Å². The average Bonchev–Trinajstić information content (AvgIpc) is 2.73. The molecule has 3 aromatic carbocycles. The molecule has 0 bridgehead atoms. The molecule has 0 aliphatic carbocycles. The highest BCUT2D eigenvalue weighted by Gasteiger charge is 2.09. The molecule has 0 radical (unpaired) electrons. The minimum Gasteiger partial charge on any atom is -0.489 e. The fourth-order valence-electron chi connectivity index (χ4n) is 2.49. The van der Waals surface area contributed by atoms with Crippen LogP contribution in [0.2, 0.25) is 0 Å². The summed E-state index contributed by atoms with van der Waals surface area (Å²) in [5.41, 5.74) is 4.41. The highest BCUT2D eigenvalue weighted by atomic mass is 16.5. The predicted molar refractivity (Wildman–Crippen MR) is 103 cm³/mol. The van der Waals surface area contributed by atoms with Gasteiger partial charge in [-0.2, -0.15) is 0 Å². The molecule has 2 amide bonds. The van der Waals surface area contributed by atoms with E-state index < -0.39 is 5.91 Å². The highest BCUT2D eigenvalue weighted by molar-refractivity contribution is 6.05. The first-order valence-corrected chi connectivity index (χ1v) is 8.35. The Bertz CT molecular complexity index is 942. The van der Waals surface area contributed by atoms with Crippen molar-refractivity contribution in [2.75, 3.05) is 5.32 Å². The number of amides is 2. The van der Waals surface area contributed by atoms with Crippen molar-refractivity contribution < 1.29 is 14.3 Å². The van der Waals surface area contributed by atoms with Crippen molar-refractivity contribution in [3.8, 4) is 5.75 Å². The lowest BCUT2D eigenvalue weighted by molar-refractivity contribution is 0.0952. The van der Waals surface area contributed by atoms with Gasteiger partial charge in [0.05, 0.1) is 0 Å². The van der Waals surface area contributed by atoms with Gasteiger partial charge in [0.1, 0.15) is 12.4 Å². The molecule has 0 heterocycles. The van der Waals surface area contributed by atoms with Gasteiger partial charge in [-0.1, -0.05) is 42.5 Å². The Balaban J connectivity index is 1.67. The summed E-state index contributed by atoms with van der Waals surface area (Å²) in [6.45, 7) is 0.419. The minimum atomic E-state index is -0.428. The van der Waals surface area contributed by atoms with E-state index >= 15 is 0 Å². The maximum Gasteiger partial charge on any atom is 0.265 e. The molecule has 6 nitrogen and oxygen atoms in total. The van der Waals surface area contributed by atoms with Gasteiger partial charge in [0, 0.05) is 16.8 Å². The molecule has 27 heavy (non-hydrogen) atoms. The molecular formula is C21H19N3O3. The zero-order chi connectivity index (χ0) is 19.1. The van der Waals surface area contributed by atoms with E-state index in [2.05, 4.69) is 10.7 Å². The van der Waals surface area contributed by atoms with Crippen molar-refractivity contribution in [2.24, 2.45) is 5.84 Å². The van der Waals surface area contributed by atoms with Gasteiger partial charge >= 0.3 is 0 Å². The summed E-state index contributed by atoms with van der Waals surface area (Å²) in [6, 6.07) is 23.2. The second-order valence-corrected chi connectivity index (χ2v) is 5.81. The Morgan fingerprint density at radius 2 is 1.52 bits per heavy atom. The second kappa shape index (κ2) is 8.64. The van der Waals surface area contributed by atoms with Crippen LogP contribution in [0, 0.1) is 0 Å². The summed E-state index contributed by atoms with van der Waals surface area (Å²) < 4.78 is 5.75. The van der Waals surface area contributed by atoms with E-state index in [4.69, 9.17) is 10.6 Å². The van der Waals surface area contributed by atoms with Crippen LogP contribution < -0.4 is 21.3 Å². The molecule has 3 rings (SSSR count). The summed E-state index contributed by atoms with van der Waals surface area (Å²) in [5, 5.41) is 2.76. The van der Waals surface area contributed by atoms with Crippen LogP contribution >= 0.6 is 0 Å². The van der Waals surface area contributed by atoms with E-state index in [1.807, 2.05) is 30.3 Å². The molecule has 0 spiro atoms. The zero-order valence-corrected chi connectivity index (χ0v) is 14.5. The first-order valence-electron chi connectivity index (χ1n) is 8.35. The van der Waals surface area contributed by atoms with Gasteiger partial charge in [0.25, 0.3) is 11.8 Å². The van der Waals surface area contributed by atoms with Crippen molar-refractivity contribution in [3.63, 3.8) is 0 Å². The maximum atomic E-state index is 12.5. The molecule has 0 fully saturated rings. The molecule has 6 heteroatoms. The van der Waals surface area contributed by atoms with E-state index in [0.29, 0.717) is 29.2 Å². The standard InChI is InChI=1S/C21H19N3O3/c22-24-21(26)16-8-4-10-18(12-16)23-20(25)17-9-5-11-19(13-17)27-14-15-6-2-1-3-7-15/h1-13H,14,22H2,(H,23,25)(H,24,26). The molecule has 0 saturated carbocycles. The van der Waals surface area contributed by atoms with E-state index in [9.17, 15) is 9.59 Å². The van der Waals surface area contributed by atoms with Gasteiger partial charge in [-0.15, -0.1) is 0 Å². The van der Waals surface area contributed by atoms with Crippen LogP contribution in [0.1, 0.15) is 26.3 Å². The van der Waals surface area contributed by atoms with Gasteiger partial charge in [-0.25, -0.2) is 5.84 Å². The van der Waals surface area contributed by atoms with Gasteiger partial charge in [-0.05, 0) is 42.0 Å². The van der Waals surface area contributed by atoms with Gasteiger partial charge in [0.15, 0.2) is 0 Å². The Morgan fingerprint density at radius 1 is 0.815 bits per heavy atom. The Labute approximate surface area is 156 Å². The number of carbonyl (C=O) groups is 2. The average molecular weight is 361 g/mol. The van der Waals surface area contributed by atoms with Gasteiger partial charge in [-0.3, -0.25) is 15.0 Å². The summed E-state index contributed by atoms with van der Waals surface area (Å²) in [7, 11) is 0. The summed E-state index contributed by atoms with van der Waals surface area (Å²) in [4.78, 5) is 24.1. The number of hydrazine groups is 1. The highest BCUT2D eigenvalue weighted by Crippen LogP contribution is 2.17. The lowest BCUT2D eigenvalue weighted by Gasteiger charge is -2.09. The molecular weight excluding hydrogens is 342 g/mol. The predicted octanol–water partition coefficient (Wildman–Crippen LogP) is 3.12. The number of rotatable bonds is 6. The quantitative estimate of drug-likeness (QED) is 0.357. The molecule has 136 valence electrons. The first-order chi connectivity index (χ1) is 13.2. The Morgan fingerprint density at radius 3 is 2.26 bits per heavy atom. The topological polar surface area (TPSA) is 93.5 Å². The van der Waals surface area contributed by atoms with Gasteiger partial charge < -0.3 is 10.1 Å². The fourth-order valence-corrected chi connectivity index (χ4v) is 2.49. The fraction of sp³-hybridized carbons (Fsp3) is 0.0476. The van der Waals surface area contributed by atoms with E-state index in [1.165, 1.54) is 0 Å². The normalized spacial score (nSPS) is 10.1. The van der Waals surface area contributed by atoms with Crippen LogP contribution in [-0.4, -0.2) is 11.8 Å². The van der Waals surface area contributed by atoms with Crippen molar-refractivity contribution >= 4 is 17.5 Å². The Hall–Kier alpha value is -3.64. The number of hydrogen-bond donors (Lipinski definition) is 3. The van der Waals surface area contributed by atoms with Crippen molar-refractivity contribution in [2.45, 2.75) is 6.61 Å². The molecule has 0 unspecified atom stereocenters. The van der Waals surface area contributed by atoms with Crippen LogP contribution in [0.25, 0.3) is 0 Å². The van der Waals surface area contributed by atoms with Crippen LogP contribution in [0.5, 0.6) is 5.75 Å². The van der Waals surface area contributed by atoms with E-state index in [1.54, 1.807) is 48.5 Å². The maximum absolute atomic E-state index is 12.5. The number of nitrogens with two attached hydrogens (primary N) is 1. The number of benzene rings is 3. The van der Waals surface area contributed by atoms with Crippen molar-refractivity contribution in [1.29, 1.82) is 0 Å². The molecule has 4 N–H and O–H groups in total. The van der Waals surface area contributed by atoms with Crippen LogP contribution in [0.4, 0.5) is 5.69 Å². The van der Waals surface area contributed by atoms with Crippen LogP contribution in [0.15, 0.2) is 78.9 Å². The van der Waals surface area contributed by atoms with Crippen molar-refractivity contribution in [1.82, 2.24) is 5.43 Å². The minimum absolute atomic E-state index is 0.300. The lowest BCUT2D eigenvalue weighted by atomic mass is 10.1. The lowest BCUT2D eigenvalue weighted by Crippen LogP contribution is -2.30. The third-order valence-corrected chi connectivity index (χ3v) is 3.86. The molecule has 0 atom stereocenters. The van der Waals surface area contributed by atoms with Crippen molar-refractivity contribution in [3.05, 3.63) is 95.6 Å². The zero-order valence-electron chi connectivity index (χ0n) is 14.5.